The lowest BCUT2D eigenvalue weighted by atomic mass is 10.0. The molecule has 1 aromatic rings. The predicted molar refractivity (Wildman–Crippen MR) is 57.1 cm³/mol. The van der Waals surface area contributed by atoms with Crippen LogP contribution in [0.1, 0.15) is 30.1 Å². The number of nitrogens with one attached hydrogen (secondary N) is 1. The standard InChI is InChI=1S/C12H15F2NO/c1-7-2-5-9(13)11(12(7)14)10(16)6-15-8-3-4-8/h2,5,8,10,15-16H,3-4,6H2,1H3. The van der Waals surface area contributed by atoms with E-state index >= 15 is 0 Å². The lowest BCUT2D eigenvalue weighted by molar-refractivity contribution is 0.164. The Morgan fingerprint density at radius 1 is 1.44 bits per heavy atom. The number of aryl methyl sites for hydroxylation is 1. The van der Waals surface area contributed by atoms with E-state index in [1.54, 1.807) is 6.92 Å². The molecule has 0 heterocycles. The van der Waals surface area contributed by atoms with Crippen LogP contribution in [0, 0.1) is 18.6 Å². The van der Waals surface area contributed by atoms with Gasteiger partial charge in [0.1, 0.15) is 11.6 Å². The minimum absolute atomic E-state index is 0.196. The second-order valence-electron chi connectivity index (χ2n) is 4.29. The Labute approximate surface area is 93.3 Å². The van der Waals surface area contributed by atoms with E-state index < -0.39 is 17.7 Å². The average Bonchev–Trinajstić information content (AvgIpc) is 3.05. The van der Waals surface area contributed by atoms with Crippen molar-refractivity contribution in [1.82, 2.24) is 5.32 Å². The normalized spacial score (nSPS) is 17.5. The van der Waals surface area contributed by atoms with Crippen LogP contribution in [-0.2, 0) is 0 Å². The van der Waals surface area contributed by atoms with Gasteiger partial charge in [0.2, 0.25) is 0 Å². The summed E-state index contributed by atoms with van der Waals surface area (Å²) >= 11 is 0. The zero-order valence-corrected chi connectivity index (χ0v) is 9.13. The molecule has 0 amide bonds. The Kier molecular flexibility index (Phi) is 3.21. The van der Waals surface area contributed by atoms with Gasteiger partial charge in [-0.1, -0.05) is 6.07 Å². The summed E-state index contributed by atoms with van der Waals surface area (Å²) in [4.78, 5) is 0. The molecule has 0 aliphatic heterocycles. The van der Waals surface area contributed by atoms with Gasteiger partial charge in [-0.05, 0) is 31.4 Å². The largest absolute Gasteiger partial charge is 0.387 e. The number of hydrogen-bond donors (Lipinski definition) is 2. The Balaban J connectivity index is 2.13. The van der Waals surface area contributed by atoms with Gasteiger partial charge >= 0.3 is 0 Å². The fourth-order valence-electron chi connectivity index (χ4n) is 1.65. The molecule has 16 heavy (non-hydrogen) atoms. The van der Waals surface area contributed by atoms with Crippen LogP contribution in [0.2, 0.25) is 0 Å². The molecule has 1 aliphatic rings. The van der Waals surface area contributed by atoms with E-state index in [0.29, 0.717) is 11.6 Å². The Bertz CT molecular complexity index is 391. The molecule has 4 heteroatoms. The van der Waals surface area contributed by atoms with Crippen molar-refractivity contribution in [2.45, 2.75) is 31.9 Å². The van der Waals surface area contributed by atoms with Crippen molar-refractivity contribution in [3.05, 3.63) is 34.9 Å². The first-order valence-corrected chi connectivity index (χ1v) is 5.45. The van der Waals surface area contributed by atoms with Crippen LogP contribution in [0.3, 0.4) is 0 Å². The monoisotopic (exact) mass is 227 g/mol. The van der Waals surface area contributed by atoms with E-state index in [1.807, 2.05) is 0 Å². The van der Waals surface area contributed by atoms with Gasteiger partial charge in [0.25, 0.3) is 0 Å². The topological polar surface area (TPSA) is 32.3 Å². The average molecular weight is 227 g/mol. The van der Waals surface area contributed by atoms with Crippen LogP contribution >= 0.6 is 0 Å². The smallest absolute Gasteiger partial charge is 0.134 e. The van der Waals surface area contributed by atoms with Gasteiger partial charge in [0.05, 0.1) is 11.7 Å². The number of aliphatic hydroxyl groups excluding tert-OH is 1. The molecule has 1 saturated carbocycles. The second-order valence-corrected chi connectivity index (χ2v) is 4.29. The molecule has 2 rings (SSSR count). The van der Waals surface area contributed by atoms with E-state index in [1.165, 1.54) is 12.1 Å². The molecule has 0 spiro atoms. The Morgan fingerprint density at radius 2 is 2.12 bits per heavy atom. The Morgan fingerprint density at radius 3 is 2.75 bits per heavy atom. The van der Waals surface area contributed by atoms with Crippen LogP contribution in [0.4, 0.5) is 8.78 Å². The summed E-state index contributed by atoms with van der Waals surface area (Å²) in [6, 6.07) is 2.97. The summed E-state index contributed by atoms with van der Waals surface area (Å²) in [6.07, 6.45) is 1.03. The summed E-state index contributed by atoms with van der Waals surface area (Å²) in [5.74, 6) is -1.33. The third-order valence-electron chi connectivity index (χ3n) is 2.83. The molecule has 2 N–H and O–H groups in total. The van der Waals surface area contributed by atoms with Crippen LogP contribution < -0.4 is 5.32 Å². The van der Waals surface area contributed by atoms with E-state index in [-0.39, 0.29) is 12.1 Å². The van der Waals surface area contributed by atoms with E-state index in [9.17, 15) is 13.9 Å². The highest BCUT2D eigenvalue weighted by Crippen LogP contribution is 2.24. The maximum atomic E-state index is 13.6. The first-order chi connectivity index (χ1) is 7.59. The molecule has 0 aromatic heterocycles. The maximum absolute atomic E-state index is 13.6. The van der Waals surface area contributed by atoms with Crippen LogP contribution in [0.5, 0.6) is 0 Å². The quantitative estimate of drug-likeness (QED) is 0.825. The molecule has 1 fully saturated rings. The fraction of sp³-hybridized carbons (Fsp3) is 0.500. The van der Waals surface area contributed by atoms with E-state index in [4.69, 9.17) is 0 Å². The van der Waals surface area contributed by atoms with Crippen molar-refractivity contribution >= 4 is 0 Å². The van der Waals surface area contributed by atoms with Crippen LogP contribution in [0.15, 0.2) is 12.1 Å². The molecule has 0 radical (unpaired) electrons. The van der Waals surface area contributed by atoms with Crippen LogP contribution in [0.25, 0.3) is 0 Å². The molecule has 1 aromatic carbocycles. The molecule has 0 saturated heterocycles. The SMILES string of the molecule is Cc1ccc(F)c(C(O)CNC2CC2)c1F. The molecule has 1 atom stereocenters. The van der Waals surface area contributed by atoms with Gasteiger partial charge in [0, 0.05) is 12.6 Å². The molecule has 1 aliphatic carbocycles. The summed E-state index contributed by atoms with van der Waals surface area (Å²) in [7, 11) is 0. The van der Waals surface area contributed by atoms with Gasteiger partial charge < -0.3 is 10.4 Å². The zero-order valence-electron chi connectivity index (χ0n) is 9.13. The van der Waals surface area contributed by atoms with Gasteiger partial charge in [-0.2, -0.15) is 0 Å². The molecule has 1 unspecified atom stereocenters. The van der Waals surface area contributed by atoms with Gasteiger partial charge in [0.15, 0.2) is 0 Å². The van der Waals surface area contributed by atoms with Crippen molar-refractivity contribution in [2.24, 2.45) is 0 Å². The second kappa shape index (κ2) is 4.47. The summed E-state index contributed by atoms with van der Waals surface area (Å²) < 4.78 is 27.0. The number of benzene rings is 1. The van der Waals surface area contributed by atoms with Crippen molar-refractivity contribution in [1.29, 1.82) is 0 Å². The lowest BCUT2D eigenvalue weighted by Gasteiger charge is -2.14. The number of rotatable bonds is 4. The molecule has 88 valence electrons. The molecule has 2 nitrogen and oxygen atoms in total. The molecular weight excluding hydrogens is 212 g/mol. The first-order valence-electron chi connectivity index (χ1n) is 5.45. The number of hydrogen-bond acceptors (Lipinski definition) is 2. The van der Waals surface area contributed by atoms with E-state index in [2.05, 4.69) is 5.32 Å². The minimum atomic E-state index is -1.12. The highest BCUT2D eigenvalue weighted by molar-refractivity contribution is 5.28. The summed E-state index contributed by atoms with van der Waals surface area (Å²) in [6.45, 7) is 1.75. The predicted octanol–water partition coefficient (Wildman–Crippen LogP) is 2.06. The third-order valence-corrected chi connectivity index (χ3v) is 2.83. The first kappa shape index (κ1) is 11.5. The fourth-order valence-corrected chi connectivity index (χ4v) is 1.65. The maximum Gasteiger partial charge on any atom is 0.134 e. The van der Waals surface area contributed by atoms with E-state index in [0.717, 1.165) is 12.8 Å². The van der Waals surface area contributed by atoms with Crippen molar-refractivity contribution in [3.63, 3.8) is 0 Å². The number of aliphatic hydroxyl groups is 1. The third kappa shape index (κ3) is 2.39. The number of halogens is 2. The summed E-state index contributed by atoms with van der Waals surface area (Å²) in [5, 5.41) is 12.8. The van der Waals surface area contributed by atoms with Crippen LogP contribution in [-0.4, -0.2) is 17.7 Å². The van der Waals surface area contributed by atoms with Crippen molar-refractivity contribution in [3.8, 4) is 0 Å². The summed E-state index contributed by atoms with van der Waals surface area (Å²) in [5.41, 5.74) is 0.120. The molecule has 0 bridgehead atoms. The Hall–Kier alpha value is -1.00. The van der Waals surface area contributed by atoms with Gasteiger partial charge in [-0.15, -0.1) is 0 Å². The molecular formula is C12H15F2NO. The zero-order chi connectivity index (χ0) is 11.7. The van der Waals surface area contributed by atoms with Gasteiger partial charge in [-0.25, -0.2) is 8.78 Å². The highest BCUT2D eigenvalue weighted by Gasteiger charge is 2.24. The van der Waals surface area contributed by atoms with Crippen molar-refractivity contribution in [2.75, 3.05) is 6.54 Å². The highest BCUT2D eigenvalue weighted by atomic mass is 19.1. The van der Waals surface area contributed by atoms with Gasteiger partial charge in [-0.3, -0.25) is 0 Å². The minimum Gasteiger partial charge on any atom is -0.387 e. The van der Waals surface area contributed by atoms with Crippen molar-refractivity contribution < 1.29 is 13.9 Å². The lowest BCUT2D eigenvalue weighted by Crippen LogP contribution is -2.24.